The lowest BCUT2D eigenvalue weighted by molar-refractivity contribution is -0.146. The van der Waals surface area contributed by atoms with E-state index >= 15 is 0 Å². The van der Waals surface area contributed by atoms with E-state index < -0.39 is 17.2 Å². The van der Waals surface area contributed by atoms with E-state index in [1.165, 1.54) is 13.2 Å². The number of rotatable bonds is 7. The topological polar surface area (TPSA) is 53.4 Å². The van der Waals surface area contributed by atoms with Gasteiger partial charge in [0.05, 0.1) is 30.3 Å². The number of carbonyl (C=O) groups excluding carboxylic acids is 1. The summed E-state index contributed by atoms with van der Waals surface area (Å²) in [4.78, 5) is 12.1. The van der Waals surface area contributed by atoms with Crippen LogP contribution in [0, 0.1) is 0 Å². The van der Waals surface area contributed by atoms with Gasteiger partial charge in [0.25, 0.3) is 0 Å². The monoisotopic (exact) mass is 544 g/mol. The first-order valence-electron chi connectivity index (χ1n) is 12.7. The van der Waals surface area contributed by atoms with Gasteiger partial charge in [0, 0.05) is 10.9 Å². The number of alkyl halides is 3. The second kappa shape index (κ2) is 10.5. The third kappa shape index (κ3) is 5.30. The van der Waals surface area contributed by atoms with Gasteiger partial charge in [0.15, 0.2) is 0 Å². The average molecular weight is 545 g/mol. The molecular formula is C32H27F3N2O3. The Morgan fingerprint density at radius 2 is 1.55 bits per heavy atom. The predicted octanol–water partition coefficient (Wildman–Crippen LogP) is 8.01. The molecule has 0 aliphatic rings. The Hall–Kier alpha value is -4.59. The molecule has 8 heteroatoms. The fourth-order valence-corrected chi connectivity index (χ4v) is 4.71. The van der Waals surface area contributed by atoms with Gasteiger partial charge in [0.1, 0.15) is 17.0 Å². The van der Waals surface area contributed by atoms with E-state index in [9.17, 15) is 18.0 Å². The summed E-state index contributed by atoms with van der Waals surface area (Å²) >= 11 is 0. The molecule has 0 atom stereocenters. The lowest BCUT2D eigenvalue weighted by atomic mass is 9.85. The van der Waals surface area contributed by atoms with Crippen molar-refractivity contribution in [3.63, 3.8) is 0 Å². The lowest BCUT2D eigenvalue weighted by Gasteiger charge is -2.22. The normalized spacial score (nSPS) is 11.9. The first-order chi connectivity index (χ1) is 19.1. The molecule has 5 aromatic rings. The molecule has 0 spiro atoms. The van der Waals surface area contributed by atoms with Crippen molar-refractivity contribution in [1.82, 2.24) is 9.78 Å². The minimum Gasteiger partial charge on any atom is -0.468 e. The Kier molecular flexibility index (Phi) is 7.10. The highest BCUT2D eigenvalue weighted by molar-refractivity contribution is 5.95. The summed E-state index contributed by atoms with van der Waals surface area (Å²) in [6.07, 6.45) is -4.54. The first kappa shape index (κ1) is 27.0. The van der Waals surface area contributed by atoms with Crippen molar-refractivity contribution in [3.05, 3.63) is 114 Å². The Morgan fingerprint density at radius 1 is 0.850 bits per heavy atom. The molecule has 5 nitrogen and oxygen atoms in total. The van der Waals surface area contributed by atoms with E-state index in [4.69, 9.17) is 9.47 Å². The van der Waals surface area contributed by atoms with Crippen LogP contribution in [0.1, 0.15) is 30.5 Å². The Morgan fingerprint density at radius 3 is 2.23 bits per heavy atom. The maximum atomic E-state index is 13.9. The quantitative estimate of drug-likeness (QED) is 0.195. The molecule has 0 saturated carbocycles. The Balaban J connectivity index is 1.53. The van der Waals surface area contributed by atoms with Gasteiger partial charge in [-0.3, -0.25) is 9.48 Å². The molecule has 1 aromatic heterocycles. The van der Waals surface area contributed by atoms with Crippen LogP contribution in [-0.2, 0) is 27.7 Å². The lowest BCUT2D eigenvalue weighted by Crippen LogP contribution is -2.30. The zero-order valence-electron chi connectivity index (χ0n) is 22.2. The molecule has 0 saturated heterocycles. The maximum Gasteiger partial charge on any atom is 0.418 e. The molecule has 0 aliphatic heterocycles. The van der Waals surface area contributed by atoms with Gasteiger partial charge in [-0.2, -0.15) is 18.3 Å². The highest BCUT2D eigenvalue weighted by Crippen LogP contribution is 2.39. The van der Waals surface area contributed by atoms with Gasteiger partial charge < -0.3 is 9.47 Å². The zero-order valence-corrected chi connectivity index (χ0v) is 22.2. The van der Waals surface area contributed by atoms with E-state index in [0.717, 1.165) is 17.2 Å². The number of fused-ring (bicyclic) bond motifs is 1. The highest BCUT2D eigenvalue weighted by Gasteiger charge is 2.35. The van der Waals surface area contributed by atoms with Crippen molar-refractivity contribution >= 4 is 16.9 Å². The number of carbonyl (C=O) groups is 1. The van der Waals surface area contributed by atoms with Crippen LogP contribution in [0.15, 0.2) is 97.1 Å². The molecule has 0 unspecified atom stereocenters. The van der Waals surface area contributed by atoms with Crippen LogP contribution in [0.5, 0.6) is 11.5 Å². The van der Waals surface area contributed by atoms with Crippen molar-refractivity contribution < 1.29 is 27.4 Å². The van der Waals surface area contributed by atoms with Crippen LogP contribution >= 0.6 is 0 Å². The number of aromatic nitrogens is 2. The summed E-state index contributed by atoms with van der Waals surface area (Å²) in [5.41, 5.74) is 1.21. The number of hydrogen-bond donors (Lipinski definition) is 0. The van der Waals surface area contributed by atoms with Crippen molar-refractivity contribution in [3.8, 4) is 22.8 Å². The maximum absolute atomic E-state index is 13.9. The van der Waals surface area contributed by atoms with Crippen LogP contribution in [-0.4, -0.2) is 22.9 Å². The van der Waals surface area contributed by atoms with Gasteiger partial charge in [0.2, 0.25) is 0 Å². The van der Waals surface area contributed by atoms with Crippen LogP contribution in [0.3, 0.4) is 0 Å². The second-order valence-electron chi connectivity index (χ2n) is 9.96. The summed E-state index contributed by atoms with van der Waals surface area (Å²) in [6, 6.07) is 27.9. The molecule has 0 aliphatic carbocycles. The van der Waals surface area contributed by atoms with Crippen LogP contribution in [0.25, 0.3) is 22.2 Å². The molecule has 40 heavy (non-hydrogen) atoms. The number of nitrogens with zero attached hydrogens (tertiary/aromatic N) is 2. The third-order valence-corrected chi connectivity index (χ3v) is 6.87. The van der Waals surface area contributed by atoms with Gasteiger partial charge in [-0.1, -0.05) is 66.7 Å². The van der Waals surface area contributed by atoms with Crippen molar-refractivity contribution in [2.24, 2.45) is 0 Å². The molecule has 4 aromatic carbocycles. The average Bonchev–Trinajstić information content (AvgIpc) is 3.30. The van der Waals surface area contributed by atoms with Gasteiger partial charge in [-0.05, 0) is 55.3 Å². The number of benzene rings is 4. The fraction of sp³-hybridized carbons (Fsp3) is 0.188. The summed E-state index contributed by atoms with van der Waals surface area (Å²) in [5, 5.41) is 4.84. The molecule has 204 valence electrons. The van der Waals surface area contributed by atoms with Gasteiger partial charge >= 0.3 is 12.1 Å². The van der Waals surface area contributed by atoms with Gasteiger partial charge in [-0.15, -0.1) is 0 Å². The van der Waals surface area contributed by atoms with Crippen LogP contribution < -0.4 is 4.74 Å². The fourth-order valence-electron chi connectivity index (χ4n) is 4.71. The minimum atomic E-state index is -4.54. The standard InChI is InChI=1S/C32H27F3N2O3/c1-31(2,30(38)39-3)23-15-17-24(18-16-23)40-25-12-7-11-22(19-25)29-26-13-8-14-27(32(33,34)35)28(26)36-37(29)20-21-9-5-4-6-10-21/h4-19H,20H2,1-3H3. The van der Waals surface area contributed by atoms with Crippen molar-refractivity contribution in [2.45, 2.75) is 32.0 Å². The number of esters is 1. The largest absolute Gasteiger partial charge is 0.468 e. The predicted molar refractivity (Wildman–Crippen MR) is 147 cm³/mol. The van der Waals surface area contributed by atoms with Crippen molar-refractivity contribution in [2.75, 3.05) is 7.11 Å². The zero-order chi connectivity index (χ0) is 28.5. The minimum absolute atomic E-state index is 0.101. The second-order valence-corrected chi connectivity index (χ2v) is 9.96. The number of methoxy groups -OCH3 is 1. The Bertz CT molecular complexity index is 1660. The molecule has 0 fully saturated rings. The summed E-state index contributed by atoms with van der Waals surface area (Å²) in [5.74, 6) is 0.704. The molecule has 0 N–H and O–H groups in total. The Labute approximate surface area is 229 Å². The number of ether oxygens (including phenoxy) is 2. The van der Waals surface area contributed by atoms with Gasteiger partial charge in [-0.25, -0.2) is 0 Å². The first-order valence-corrected chi connectivity index (χ1v) is 12.7. The van der Waals surface area contributed by atoms with Crippen LogP contribution in [0.4, 0.5) is 13.2 Å². The highest BCUT2D eigenvalue weighted by atomic mass is 19.4. The summed E-state index contributed by atoms with van der Waals surface area (Å²) < 4.78 is 54.2. The smallest absolute Gasteiger partial charge is 0.418 e. The molecule has 0 bridgehead atoms. The molecule has 5 rings (SSSR count). The third-order valence-electron chi connectivity index (χ3n) is 6.87. The number of halogens is 3. The van der Waals surface area contributed by atoms with Crippen LogP contribution in [0.2, 0.25) is 0 Å². The van der Waals surface area contributed by atoms with Crippen molar-refractivity contribution in [1.29, 1.82) is 0 Å². The summed E-state index contributed by atoms with van der Waals surface area (Å²) in [7, 11) is 1.35. The van der Waals surface area contributed by atoms with E-state index in [2.05, 4.69) is 5.10 Å². The van der Waals surface area contributed by atoms with E-state index in [-0.39, 0.29) is 11.5 Å². The molecular weight excluding hydrogens is 517 g/mol. The molecule has 1 heterocycles. The molecule has 0 amide bonds. The van der Waals surface area contributed by atoms with E-state index in [1.807, 2.05) is 36.4 Å². The SMILES string of the molecule is COC(=O)C(C)(C)c1ccc(Oc2cccc(-c3c4cccc(C(F)(F)F)c4nn3Cc3ccccc3)c2)cc1. The molecule has 0 radical (unpaired) electrons. The summed E-state index contributed by atoms with van der Waals surface area (Å²) in [6.45, 7) is 3.86. The van der Waals surface area contributed by atoms with E-state index in [1.54, 1.807) is 67.1 Å². The number of hydrogen-bond acceptors (Lipinski definition) is 4. The van der Waals surface area contributed by atoms with E-state index in [0.29, 0.717) is 34.7 Å².